The molecule has 1 aromatic carbocycles. The maximum atomic E-state index is 5.70. The zero-order valence-corrected chi connectivity index (χ0v) is 10.6. The molecular weight excluding hydrogens is 212 g/mol. The summed E-state index contributed by atoms with van der Waals surface area (Å²) in [5.74, 6) is 0.951. The van der Waals surface area contributed by atoms with Gasteiger partial charge < -0.3 is 10.5 Å². The van der Waals surface area contributed by atoms with Gasteiger partial charge in [0, 0.05) is 18.7 Å². The number of ether oxygens (including phenoxy) is 1. The first kappa shape index (κ1) is 12.4. The molecule has 1 saturated heterocycles. The summed E-state index contributed by atoms with van der Waals surface area (Å²) >= 11 is 0. The molecule has 0 bridgehead atoms. The Bertz CT molecular complexity index is 359. The summed E-state index contributed by atoms with van der Waals surface area (Å²) in [5, 5.41) is 0. The number of nitrogens with zero attached hydrogens (tertiary/aromatic N) is 1. The molecule has 94 valence electrons. The Hall–Kier alpha value is -1.06. The van der Waals surface area contributed by atoms with Gasteiger partial charge in [0.15, 0.2) is 0 Å². The van der Waals surface area contributed by atoms with Gasteiger partial charge in [-0.05, 0) is 44.5 Å². The van der Waals surface area contributed by atoms with Crippen molar-refractivity contribution >= 4 is 0 Å². The van der Waals surface area contributed by atoms with E-state index in [-0.39, 0.29) is 0 Å². The van der Waals surface area contributed by atoms with Crippen molar-refractivity contribution in [2.45, 2.75) is 32.9 Å². The van der Waals surface area contributed by atoms with Crippen LogP contribution in [0.3, 0.4) is 0 Å². The minimum Gasteiger partial charge on any atom is -0.494 e. The standard InChI is InChI=1S/C14H22N2O/c1-2-17-14-9-12(5-6-13(14)10-15)11-16-7-3-4-8-16/h5-6,9H,2-4,7-8,10-11,15H2,1H3. The second-order valence-electron chi connectivity index (χ2n) is 4.56. The van der Waals surface area contributed by atoms with Crippen molar-refractivity contribution in [1.82, 2.24) is 4.90 Å². The van der Waals surface area contributed by atoms with E-state index < -0.39 is 0 Å². The number of likely N-dealkylation sites (tertiary alicyclic amines) is 1. The van der Waals surface area contributed by atoms with Crippen molar-refractivity contribution in [1.29, 1.82) is 0 Å². The molecule has 2 rings (SSSR count). The molecule has 0 aromatic heterocycles. The van der Waals surface area contributed by atoms with E-state index in [1.54, 1.807) is 0 Å². The predicted molar refractivity (Wildman–Crippen MR) is 70.0 cm³/mol. The molecular formula is C14H22N2O. The van der Waals surface area contributed by atoms with Crippen LogP contribution in [-0.2, 0) is 13.1 Å². The van der Waals surface area contributed by atoms with Crippen LogP contribution in [0.15, 0.2) is 18.2 Å². The van der Waals surface area contributed by atoms with Gasteiger partial charge in [-0.2, -0.15) is 0 Å². The van der Waals surface area contributed by atoms with E-state index in [4.69, 9.17) is 10.5 Å². The Labute approximate surface area is 104 Å². The van der Waals surface area contributed by atoms with Gasteiger partial charge in [0.05, 0.1) is 6.61 Å². The molecule has 1 aromatic rings. The molecule has 1 heterocycles. The summed E-state index contributed by atoms with van der Waals surface area (Å²) in [6.07, 6.45) is 2.67. The predicted octanol–water partition coefficient (Wildman–Crippen LogP) is 2.14. The lowest BCUT2D eigenvalue weighted by Crippen LogP contribution is -2.18. The summed E-state index contributed by atoms with van der Waals surface area (Å²) in [6, 6.07) is 6.41. The first-order valence-electron chi connectivity index (χ1n) is 6.50. The fraction of sp³-hybridized carbons (Fsp3) is 0.571. The van der Waals surface area contributed by atoms with E-state index in [0.717, 1.165) is 17.9 Å². The second kappa shape index (κ2) is 6.03. The van der Waals surface area contributed by atoms with Gasteiger partial charge in [-0.1, -0.05) is 12.1 Å². The highest BCUT2D eigenvalue weighted by Gasteiger charge is 2.12. The Morgan fingerprint density at radius 3 is 2.71 bits per heavy atom. The van der Waals surface area contributed by atoms with Gasteiger partial charge in [0.25, 0.3) is 0 Å². The molecule has 3 heteroatoms. The highest BCUT2D eigenvalue weighted by molar-refractivity contribution is 5.37. The molecule has 1 aliphatic heterocycles. The number of rotatable bonds is 5. The molecule has 0 aliphatic carbocycles. The lowest BCUT2D eigenvalue weighted by Gasteiger charge is -2.16. The van der Waals surface area contributed by atoms with Crippen molar-refractivity contribution in [2.24, 2.45) is 5.73 Å². The molecule has 3 nitrogen and oxygen atoms in total. The molecule has 0 amide bonds. The van der Waals surface area contributed by atoms with Gasteiger partial charge in [-0.3, -0.25) is 4.90 Å². The van der Waals surface area contributed by atoms with Crippen LogP contribution in [-0.4, -0.2) is 24.6 Å². The Morgan fingerprint density at radius 2 is 2.06 bits per heavy atom. The van der Waals surface area contributed by atoms with Crippen molar-refractivity contribution in [2.75, 3.05) is 19.7 Å². The molecule has 0 unspecified atom stereocenters. The molecule has 0 radical (unpaired) electrons. The van der Waals surface area contributed by atoms with Crippen molar-refractivity contribution < 1.29 is 4.74 Å². The lowest BCUT2D eigenvalue weighted by atomic mass is 10.1. The van der Waals surface area contributed by atoms with Crippen LogP contribution in [0.1, 0.15) is 30.9 Å². The number of nitrogens with two attached hydrogens (primary N) is 1. The van der Waals surface area contributed by atoms with Gasteiger partial charge in [0.1, 0.15) is 5.75 Å². The first-order valence-corrected chi connectivity index (χ1v) is 6.50. The number of hydrogen-bond donors (Lipinski definition) is 1. The maximum absolute atomic E-state index is 5.70. The summed E-state index contributed by atoms with van der Waals surface area (Å²) < 4.78 is 5.63. The van der Waals surface area contributed by atoms with Crippen LogP contribution in [0.4, 0.5) is 0 Å². The lowest BCUT2D eigenvalue weighted by molar-refractivity contribution is 0.323. The first-order chi connectivity index (χ1) is 8.33. The summed E-state index contributed by atoms with van der Waals surface area (Å²) in [5.41, 5.74) is 8.13. The van der Waals surface area contributed by atoms with Gasteiger partial charge >= 0.3 is 0 Å². The smallest absolute Gasteiger partial charge is 0.124 e. The summed E-state index contributed by atoms with van der Waals surface area (Å²) in [4.78, 5) is 2.49. The summed E-state index contributed by atoms with van der Waals surface area (Å²) in [7, 11) is 0. The molecule has 0 saturated carbocycles. The highest BCUT2D eigenvalue weighted by atomic mass is 16.5. The third kappa shape index (κ3) is 3.20. The monoisotopic (exact) mass is 234 g/mol. The topological polar surface area (TPSA) is 38.5 Å². The minimum absolute atomic E-state index is 0.541. The largest absolute Gasteiger partial charge is 0.494 e. The zero-order valence-electron chi connectivity index (χ0n) is 10.6. The number of benzene rings is 1. The SMILES string of the molecule is CCOc1cc(CN2CCCC2)ccc1CN. The van der Waals surface area contributed by atoms with Crippen LogP contribution in [0.2, 0.25) is 0 Å². The highest BCUT2D eigenvalue weighted by Crippen LogP contribution is 2.22. The van der Waals surface area contributed by atoms with Crippen LogP contribution < -0.4 is 10.5 Å². The fourth-order valence-corrected chi connectivity index (χ4v) is 2.35. The average Bonchev–Trinajstić information content (AvgIpc) is 2.83. The van der Waals surface area contributed by atoms with Crippen LogP contribution in [0, 0.1) is 0 Å². The van der Waals surface area contributed by atoms with E-state index >= 15 is 0 Å². The molecule has 0 spiro atoms. The average molecular weight is 234 g/mol. The molecule has 1 aliphatic rings. The molecule has 17 heavy (non-hydrogen) atoms. The van der Waals surface area contributed by atoms with E-state index in [2.05, 4.69) is 23.1 Å². The maximum Gasteiger partial charge on any atom is 0.124 e. The van der Waals surface area contributed by atoms with E-state index in [0.29, 0.717) is 13.2 Å². The number of hydrogen-bond acceptors (Lipinski definition) is 3. The van der Waals surface area contributed by atoms with Crippen LogP contribution in [0.25, 0.3) is 0 Å². The van der Waals surface area contributed by atoms with E-state index in [1.807, 2.05) is 6.92 Å². The zero-order chi connectivity index (χ0) is 12.1. The third-order valence-corrected chi connectivity index (χ3v) is 3.26. The summed E-state index contributed by atoms with van der Waals surface area (Å²) in [6.45, 7) is 6.73. The van der Waals surface area contributed by atoms with Crippen molar-refractivity contribution in [3.63, 3.8) is 0 Å². The van der Waals surface area contributed by atoms with Crippen molar-refractivity contribution in [3.8, 4) is 5.75 Å². The third-order valence-electron chi connectivity index (χ3n) is 3.26. The van der Waals surface area contributed by atoms with Crippen molar-refractivity contribution in [3.05, 3.63) is 29.3 Å². The van der Waals surface area contributed by atoms with Gasteiger partial charge in [0.2, 0.25) is 0 Å². The Morgan fingerprint density at radius 1 is 1.29 bits per heavy atom. The Kier molecular flexibility index (Phi) is 4.40. The molecule has 1 fully saturated rings. The van der Waals surface area contributed by atoms with Crippen LogP contribution >= 0.6 is 0 Å². The molecule has 0 atom stereocenters. The van der Waals surface area contributed by atoms with Crippen LogP contribution in [0.5, 0.6) is 5.75 Å². The van der Waals surface area contributed by atoms with Gasteiger partial charge in [-0.25, -0.2) is 0 Å². The normalized spacial score (nSPS) is 16.4. The second-order valence-corrected chi connectivity index (χ2v) is 4.56. The van der Waals surface area contributed by atoms with E-state index in [1.165, 1.54) is 31.5 Å². The fourth-order valence-electron chi connectivity index (χ4n) is 2.35. The minimum atomic E-state index is 0.541. The van der Waals surface area contributed by atoms with Gasteiger partial charge in [-0.15, -0.1) is 0 Å². The Balaban J connectivity index is 2.08. The molecule has 2 N–H and O–H groups in total. The quantitative estimate of drug-likeness (QED) is 0.848. The van der Waals surface area contributed by atoms with E-state index in [9.17, 15) is 0 Å².